The first-order chi connectivity index (χ1) is 8.70. The normalized spacial score (nSPS) is 23.9. The highest BCUT2D eigenvalue weighted by Crippen LogP contribution is 2.37. The van der Waals surface area contributed by atoms with Gasteiger partial charge in [0.15, 0.2) is 0 Å². The minimum Gasteiger partial charge on any atom is -0.385 e. The molecular weight excluding hydrogens is 225 g/mol. The van der Waals surface area contributed by atoms with Crippen molar-refractivity contribution in [2.24, 2.45) is 5.92 Å². The fourth-order valence-corrected chi connectivity index (χ4v) is 2.81. The van der Waals surface area contributed by atoms with Crippen LogP contribution in [0, 0.1) is 11.7 Å². The first-order valence-corrected chi connectivity index (χ1v) is 7.24. The van der Waals surface area contributed by atoms with Gasteiger partial charge in [-0.05, 0) is 48.8 Å². The highest BCUT2D eigenvalue weighted by molar-refractivity contribution is 5.46. The van der Waals surface area contributed by atoms with Crippen molar-refractivity contribution < 1.29 is 4.39 Å². The second kappa shape index (κ2) is 6.21. The number of halogens is 1. The van der Waals surface area contributed by atoms with E-state index >= 15 is 0 Å². The van der Waals surface area contributed by atoms with E-state index in [-0.39, 0.29) is 5.82 Å². The van der Waals surface area contributed by atoms with Gasteiger partial charge < -0.3 is 5.32 Å². The molecule has 1 aromatic carbocycles. The monoisotopic (exact) mass is 249 g/mol. The van der Waals surface area contributed by atoms with Gasteiger partial charge in [0.1, 0.15) is 5.82 Å². The number of rotatable bonds is 4. The molecule has 18 heavy (non-hydrogen) atoms. The molecule has 1 N–H and O–H groups in total. The summed E-state index contributed by atoms with van der Waals surface area (Å²) >= 11 is 0. The number of benzene rings is 1. The topological polar surface area (TPSA) is 12.0 Å². The molecule has 0 radical (unpaired) electrons. The summed E-state index contributed by atoms with van der Waals surface area (Å²) in [6.45, 7) is 5.31. The average molecular weight is 249 g/mol. The Morgan fingerprint density at radius 1 is 1.22 bits per heavy atom. The van der Waals surface area contributed by atoms with E-state index in [1.54, 1.807) is 6.07 Å². The molecule has 0 spiro atoms. The SMILES string of the molecule is CCCNc1ccc(C2CCC(C)CC2)c(F)c1. The Hall–Kier alpha value is -1.05. The molecule has 2 heteroatoms. The zero-order valence-electron chi connectivity index (χ0n) is 11.5. The molecule has 1 fully saturated rings. The summed E-state index contributed by atoms with van der Waals surface area (Å²) in [5.41, 5.74) is 1.83. The van der Waals surface area contributed by atoms with Crippen molar-refractivity contribution in [2.75, 3.05) is 11.9 Å². The first kappa shape index (κ1) is 13.4. The second-order valence-electron chi connectivity index (χ2n) is 5.62. The van der Waals surface area contributed by atoms with Crippen molar-refractivity contribution in [2.45, 2.75) is 51.9 Å². The molecule has 0 unspecified atom stereocenters. The maximum absolute atomic E-state index is 14.1. The highest BCUT2D eigenvalue weighted by atomic mass is 19.1. The molecule has 1 aliphatic carbocycles. The molecule has 0 aromatic heterocycles. The van der Waals surface area contributed by atoms with E-state index in [1.165, 1.54) is 12.8 Å². The summed E-state index contributed by atoms with van der Waals surface area (Å²) in [5, 5.41) is 3.23. The largest absolute Gasteiger partial charge is 0.385 e. The van der Waals surface area contributed by atoms with Crippen molar-refractivity contribution in [1.82, 2.24) is 0 Å². The number of nitrogens with one attached hydrogen (secondary N) is 1. The molecule has 0 atom stereocenters. The third kappa shape index (κ3) is 3.24. The first-order valence-electron chi connectivity index (χ1n) is 7.24. The van der Waals surface area contributed by atoms with Crippen LogP contribution in [0.5, 0.6) is 0 Å². The van der Waals surface area contributed by atoms with Gasteiger partial charge in [-0.15, -0.1) is 0 Å². The van der Waals surface area contributed by atoms with Crippen LogP contribution in [0.15, 0.2) is 18.2 Å². The average Bonchev–Trinajstić information content (AvgIpc) is 2.38. The summed E-state index contributed by atoms with van der Waals surface area (Å²) in [7, 11) is 0. The van der Waals surface area contributed by atoms with Crippen LogP contribution < -0.4 is 5.32 Å². The van der Waals surface area contributed by atoms with Gasteiger partial charge in [0.05, 0.1) is 0 Å². The van der Waals surface area contributed by atoms with Crippen molar-refractivity contribution >= 4 is 5.69 Å². The minimum absolute atomic E-state index is 0.0318. The van der Waals surface area contributed by atoms with E-state index in [4.69, 9.17) is 0 Å². The summed E-state index contributed by atoms with van der Waals surface area (Å²) in [6.07, 6.45) is 5.81. The number of hydrogen-bond acceptors (Lipinski definition) is 1. The van der Waals surface area contributed by atoms with Gasteiger partial charge in [-0.1, -0.05) is 32.8 Å². The number of hydrogen-bond donors (Lipinski definition) is 1. The van der Waals surface area contributed by atoms with E-state index < -0.39 is 0 Å². The molecule has 0 heterocycles. The van der Waals surface area contributed by atoms with Crippen LogP contribution in [0.3, 0.4) is 0 Å². The van der Waals surface area contributed by atoms with Crippen LogP contribution in [0.25, 0.3) is 0 Å². The smallest absolute Gasteiger partial charge is 0.128 e. The van der Waals surface area contributed by atoms with Crippen molar-refractivity contribution in [1.29, 1.82) is 0 Å². The molecule has 1 aromatic rings. The summed E-state index contributed by atoms with van der Waals surface area (Å²) in [6, 6.07) is 5.66. The Morgan fingerprint density at radius 2 is 1.94 bits per heavy atom. The van der Waals surface area contributed by atoms with E-state index in [0.29, 0.717) is 5.92 Å². The molecule has 100 valence electrons. The predicted octanol–water partition coefficient (Wildman–Crippen LogP) is 4.94. The van der Waals surface area contributed by atoms with Crippen LogP contribution in [-0.2, 0) is 0 Å². The second-order valence-corrected chi connectivity index (χ2v) is 5.62. The van der Waals surface area contributed by atoms with E-state index in [2.05, 4.69) is 19.2 Å². The van der Waals surface area contributed by atoms with Gasteiger partial charge >= 0.3 is 0 Å². The molecule has 0 aliphatic heterocycles. The lowest BCUT2D eigenvalue weighted by Gasteiger charge is -2.26. The summed E-state index contributed by atoms with van der Waals surface area (Å²) < 4.78 is 14.1. The lowest BCUT2D eigenvalue weighted by atomic mass is 9.79. The highest BCUT2D eigenvalue weighted by Gasteiger charge is 2.22. The predicted molar refractivity (Wildman–Crippen MR) is 75.6 cm³/mol. The van der Waals surface area contributed by atoms with E-state index in [9.17, 15) is 4.39 Å². The molecule has 0 saturated heterocycles. The van der Waals surface area contributed by atoms with Crippen molar-refractivity contribution in [3.05, 3.63) is 29.6 Å². The van der Waals surface area contributed by atoms with Crippen LogP contribution in [0.2, 0.25) is 0 Å². The molecule has 0 bridgehead atoms. The van der Waals surface area contributed by atoms with Gasteiger partial charge in [0.25, 0.3) is 0 Å². The van der Waals surface area contributed by atoms with Gasteiger partial charge in [-0.3, -0.25) is 0 Å². The third-order valence-electron chi connectivity index (χ3n) is 4.04. The number of anilines is 1. The van der Waals surface area contributed by atoms with Gasteiger partial charge in [0.2, 0.25) is 0 Å². The quantitative estimate of drug-likeness (QED) is 0.796. The Balaban J connectivity index is 2.05. The molecular formula is C16H24FN. The lowest BCUT2D eigenvalue weighted by Crippen LogP contribution is -2.12. The molecule has 1 aliphatic rings. The van der Waals surface area contributed by atoms with Gasteiger partial charge in [0, 0.05) is 12.2 Å². The van der Waals surface area contributed by atoms with Crippen molar-refractivity contribution in [3.8, 4) is 0 Å². The molecule has 1 saturated carbocycles. The van der Waals surface area contributed by atoms with E-state index in [1.807, 2.05) is 12.1 Å². The zero-order chi connectivity index (χ0) is 13.0. The summed E-state index contributed by atoms with van der Waals surface area (Å²) in [5.74, 6) is 1.21. The van der Waals surface area contributed by atoms with E-state index in [0.717, 1.165) is 43.0 Å². The van der Waals surface area contributed by atoms with Crippen LogP contribution >= 0.6 is 0 Å². The van der Waals surface area contributed by atoms with Crippen LogP contribution in [-0.4, -0.2) is 6.54 Å². The Bertz CT molecular complexity index is 381. The van der Waals surface area contributed by atoms with Crippen LogP contribution in [0.4, 0.5) is 10.1 Å². The zero-order valence-corrected chi connectivity index (χ0v) is 11.5. The summed E-state index contributed by atoms with van der Waals surface area (Å²) in [4.78, 5) is 0. The maximum atomic E-state index is 14.1. The van der Waals surface area contributed by atoms with Crippen LogP contribution in [0.1, 0.15) is 57.4 Å². The Morgan fingerprint density at radius 3 is 2.56 bits per heavy atom. The Labute approximate surface area is 110 Å². The van der Waals surface area contributed by atoms with Gasteiger partial charge in [-0.25, -0.2) is 4.39 Å². The fraction of sp³-hybridized carbons (Fsp3) is 0.625. The standard InChI is InChI=1S/C16H24FN/c1-3-10-18-14-8-9-15(16(17)11-14)13-6-4-12(2)5-7-13/h8-9,11-13,18H,3-7,10H2,1-2H3. The maximum Gasteiger partial charge on any atom is 0.128 e. The minimum atomic E-state index is -0.0318. The van der Waals surface area contributed by atoms with Crippen molar-refractivity contribution in [3.63, 3.8) is 0 Å². The Kier molecular flexibility index (Phi) is 4.62. The molecule has 1 nitrogen and oxygen atoms in total. The molecule has 0 amide bonds. The van der Waals surface area contributed by atoms with Gasteiger partial charge in [-0.2, -0.15) is 0 Å². The third-order valence-corrected chi connectivity index (χ3v) is 4.04. The lowest BCUT2D eigenvalue weighted by molar-refractivity contribution is 0.342. The fourth-order valence-electron chi connectivity index (χ4n) is 2.81. The molecule has 2 rings (SSSR count).